The average Bonchev–Trinajstić information content (AvgIpc) is 3.17. The van der Waals surface area contributed by atoms with E-state index >= 15 is 0 Å². The molecule has 0 fully saturated rings. The van der Waals surface area contributed by atoms with Gasteiger partial charge in [0.2, 0.25) is 0 Å². The van der Waals surface area contributed by atoms with E-state index in [2.05, 4.69) is 0 Å². The lowest BCUT2D eigenvalue weighted by Gasteiger charge is -2.33. The molecule has 2 aromatic carbocycles. The average molecular weight is 429 g/mol. The number of carbonyl (C=O) groups is 1. The Balaban J connectivity index is 1.92. The van der Waals surface area contributed by atoms with Gasteiger partial charge in [-0.1, -0.05) is 18.2 Å². The van der Waals surface area contributed by atoms with E-state index in [-0.39, 0.29) is 11.4 Å². The van der Waals surface area contributed by atoms with Crippen LogP contribution in [0.1, 0.15) is 25.0 Å². The third-order valence-corrected chi connectivity index (χ3v) is 7.71. The van der Waals surface area contributed by atoms with E-state index in [9.17, 15) is 13.2 Å². The molecule has 0 spiro atoms. The number of carbonyl (C=O) groups excluding carboxylic acids is 1. The summed E-state index contributed by atoms with van der Waals surface area (Å²) in [5, 5.41) is 0. The van der Waals surface area contributed by atoms with Crippen molar-refractivity contribution in [3.8, 4) is 11.5 Å². The molecule has 2 aliphatic heterocycles. The van der Waals surface area contributed by atoms with Gasteiger partial charge in [-0.2, -0.15) is 0 Å². The highest BCUT2D eigenvalue weighted by atomic mass is 32.2. The van der Waals surface area contributed by atoms with Gasteiger partial charge < -0.3 is 14.4 Å². The first-order chi connectivity index (χ1) is 14.3. The first-order valence-corrected chi connectivity index (χ1v) is 11.2. The van der Waals surface area contributed by atoms with E-state index in [1.165, 1.54) is 18.5 Å². The Hall–Kier alpha value is -3.00. The Morgan fingerprint density at radius 3 is 2.40 bits per heavy atom. The zero-order valence-corrected chi connectivity index (χ0v) is 18.2. The predicted octanol–water partition coefficient (Wildman–Crippen LogP) is 3.19. The Morgan fingerprint density at radius 2 is 1.73 bits per heavy atom. The molecule has 30 heavy (non-hydrogen) atoms. The number of rotatable bonds is 4. The van der Waals surface area contributed by atoms with E-state index in [4.69, 9.17) is 9.47 Å². The third kappa shape index (κ3) is 2.86. The minimum atomic E-state index is -4.04. The van der Waals surface area contributed by atoms with Crippen molar-refractivity contribution in [2.24, 2.45) is 0 Å². The molecular formula is C22H24N2O5S. The lowest BCUT2D eigenvalue weighted by Crippen LogP contribution is -2.42. The summed E-state index contributed by atoms with van der Waals surface area (Å²) in [6, 6.07) is 11.0. The number of fused-ring (bicyclic) bond motifs is 2. The number of nitrogens with zero attached hydrogens (tertiary/aromatic N) is 2. The molecule has 7 nitrogen and oxygen atoms in total. The second kappa shape index (κ2) is 7.36. The first kappa shape index (κ1) is 20.3. The fourth-order valence-corrected chi connectivity index (χ4v) is 6.01. The van der Waals surface area contributed by atoms with Crippen LogP contribution in [0.5, 0.6) is 11.5 Å². The molecule has 0 N–H and O–H groups in total. The Labute approximate surface area is 176 Å². The van der Waals surface area contributed by atoms with Gasteiger partial charge in [-0.25, -0.2) is 8.42 Å². The molecule has 8 heteroatoms. The van der Waals surface area contributed by atoms with Crippen molar-refractivity contribution in [2.45, 2.75) is 20.3 Å². The van der Waals surface area contributed by atoms with Gasteiger partial charge in [0, 0.05) is 30.4 Å². The van der Waals surface area contributed by atoms with Crippen LogP contribution in [0.25, 0.3) is 5.57 Å². The molecule has 0 bridgehead atoms. The molecule has 2 aromatic rings. The first-order valence-electron chi connectivity index (χ1n) is 9.74. The van der Waals surface area contributed by atoms with Crippen LogP contribution in [0, 0.1) is 0 Å². The highest BCUT2D eigenvalue weighted by molar-refractivity contribution is 7.97. The van der Waals surface area contributed by atoms with Crippen molar-refractivity contribution < 1.29 is 22.7 Å². The van der Waals surface area contributed by atoms with Crippen molar-refractivity contribution >= 4 is 32.9 Å². The summed E-state index contributed by atoms with van der Waals surface area (Å²) < 4.78 is 39.1. The van der Waals surface area contributed by atoms with Gasteiger partial charge in [0.15, 0.2) is 16.4 Å². The second-order valence-corrected chi connectivity index (χ2v) is 8.98. The van der Waals surface area contributed by atoms with E-state index in [1.807, 2.05) is 24.3 Å². The molecule has 0 aliphatic carbocycles. The van der Waals surface area contributed by atoms with Crippen LogP contribution >= 0.6 is 0 Å². The van der Waals surface area contributed by atoms with Gasteiger partial charge in [-0.3, -0.25) is 9.10 Å². The predicted molar refractivity (Wildman–Crippen MR) is 117 cm³/mol. The normalized spacial score (nSPS) is 16.9. The molecular weight excluding hydrogens is 404 g/mol. The number of anilines is 2. The quantitative estimate of drug-likeness (QED) is 0.748. The smallest absolute Gasteiger partial charge is 0.272 e. The van der Waals surface area contributed by atoms with Crippen LogP contribution in [0.4, 0.5) is 11.4 Å². The van der Waals surface area contributed by atoms with Gasteiger partial charge >= 0.3 is 0 Å². The minimum Gasteiger partial charge on any atom is -0.493 e. The molecule has 4 rings (SSSR count). The summed E-state index contributed by atoms with van der Waals surface area (Å²) in [4.78, 5) is 14.9. The van der Waals surface area contributed by atoms with Crippen LogP contribution in [0.15, 0.2) is 41.3 Å². The fraction of sp³-hybridized carbons (Fsp3) is 0.318. The standard InChI is InChI=1S/C22H24N2O5S/c1-5-24-18-13-20(29-4)19(28-3)12-16(18)14(2)21(30(24,26)27)22(25)23-11-10-15-8-6-7-9-17(15)23/h6-9,12-13H,5,10-11H2,1-4H3. The molecule has 0 aromatic heterocycles. The molecule has 1 amide bonds. The molecule has 0 atom stereocenters. The van der Waals surface area contributed by atoms with Crippen molar-refractivity contribution in [1.29, 1.82) is 0 Å². The van der Waals surface area contributed by atoms with E-state index in [1.54, 1.807) is 30.9 Å². The molecule has 0 saturated carbocycles. The topological polar surface area (TPSA) is 76.2 Å². The number of amides is 1. The van der Waals surface area contributed by atoms with E-state index in [0.717, 1.165) is 11.3 Å². The number of allylic oxidation sites excluding steroid dienone is 1. The van der Waals surface area contributed by atoms with Crippen LogP contribution in [-0.4, -0.2) is 41.6 Å². The summed E-state index contributed by atoms with van der Waals surface area (Å²) in [7, 11) is -1.01. The van der Waals surface area contributed by atoms with Crippen molar-refractivity contribution in [1.82, 2.24) is 0 Å². The number of hydrogen-bond donors (Lipinski definition) is 0. The number of hydrogen-bond acceptors (Lipinski definition) is 5. The van der Waals surface area contributed by atoms with Crippen molar-refractivity contribution in [3.05, 3.63) is 52.4 Å². The van der Waals surface area contributed by atoms with Crippen molar-refractivity contribution in [2.75, 3.05) is 36.5 Å². The minimum absolute atomic E-state index is 0.186. The SMILES string of the molecule is CCN1c2cc(OC)c(OC)cc2C(C)=C(C(=O)N2CCc3ccccc32)S1(=O)=O. The summed E-state index contributed by atoms with van der Waals surface area (Å²) in [5.74, 6) is 0.404. The number of ether oxygens (including phenoxy) is 2. The zero-order valence-electron chi connectivity index (χ0n) is 17.4. The van der Waals surface area contributed by atoms with Crippen LogP contribution in [0.2, 0.25) is 0 Å². The van der Waals surface area contributed by atoms with Gasteiger partial charge in [0.05, 0.1) is 19.9 Å². The number of methoxy groups -OCH3 is 2. The maximum absolute atomic E-state index is 13.5. The van der Waals surface area contributed by atoms with E-state index < -0.39 is 15.9 Å². The highest BCUT2D eigenvalue weighted by Crippen LogP contribution is 2.45. The Bertz CT molecular complexity index is 1170. The summed E-state index contributed by atoms with van der Waals surface area (Å²) >= 11 is 0. The lowest BCUT2D eigenvalue weighted by atomic mass is 10.0. The second-order valence-electron chi connectivity index (χ2n) is 7.18. The van der Waals surface area contributed by atoms with Crippen LogP contribution in [-0.2, 0) is 21.2 Å². The summed E-state index contributed by atoms with van der Waals surface area (Å²) in [5.41, 5.74) is 3.33. The maximum Gasteiger partial charge on any atom is 0.272 e. The van der Waals surface area contributed by atoms with Crippen molar-refractivity contribution in [3.63, 3.8) is 0 Å². The summed E-state index contributed by atoms with van der Waals surface area (Å²) in [6.45, 7) is 4.05. The molecule has 2 heterocycles. The van der Waals surface area contributed by atoms with Crippen LogP contribution in [0.3, 0.4) is 0 Å². The lowest BCUT2D eigenvalue weighted by molar-refractivity contribution is -0.114. The molecule has 2 aliphatic rings. The van der Waals surface area contributed by atoms with Gasteiger partial charge in [0.25, 0.3) is 15.9 Å². The van der Waals surface area contributed by atoms with E-state index in [0.29, 0.717) is 41.3 Å². The third-order valence-electron chi connectivity index (χ3n) is 5.68. The maximum atomic E-state index is 13.5. The van der Waals surface area contributed by atoms with Gasteiger partial charge in [0.1, 0.15) is 0 Å². The molecule has 158 valence electrons. The van der Waals surface area contributed by atoms with Gasteiger partial charge in [-0.15, -0.1) is 0 Å². The number of para-hydroxylation sites is 1. The highest BCUT2D eigenvalue weighted by Gasteiger charge is 2.42. The number of sulfonamides is 1. The molecule has 0 unspecified atom stereocenters. The molecule has 0 saturated heterocycles. The Morgan fingerprint density at radius 1 is 1.07 bits per heavy atom. The zero-order chi connectivity index (χ0) is 21.6. The Kier molecular flexibility index (Phi) is 4.97. The fourth-order valence-electron chi connectivity index (χ4n) is 4.21. The van der Waals surface area contributed by atoms with Gasteiger partial charge in [-0.05, 0) is 43.5 Å². The van der Waals surface area contributed by atoms with Crippen LogP contribution < -0.4 is 18.7 Å². The largest absolute Gasteiger partial charge is 0.493 e. The summed E-state index contributed by atoms with van der Waals surface area (Å²) in [6.07, 6.45) is 0.702. The monoisotopic (exact) mass is 428 g/mol. The molecule has 0 radical (unpaired) electrons. The number of benzene rings is 2.